The van der Waals surface area contributed by atoms with Crippen LogP contribution in [0.1, 0.15) is 33.6 Å². The molecule has 0 unspecified atom stereocenters. The number of ether oxygens (including phenoxy) is 2. The zero-order valence-corrected chi connectivity index (χ0v) is 13.5. The van der Waals surface area contributed by atoms with Crippen LogP contribution >= 0.6 is 0 Å². The third-order valence-corrected chi connectivity index (χ3v) is 5.57. The highest BCUT2D eigenvalue weighted by Crippen LogP contribution is 2.56. The lowest BCUT2D eigenvalue weighted by atomic mass is 9.57. The number of aliphatic hydroxyl groups is 2. The fourth-order valence-electron chi connectivity index (χ4n) is 4.37. The van der Waals surface area contributed by atoms with Crippen molar-refractivity contribution in [2.24, 2.45) is 11.3 Å². The molecule has 0 spiro atoms. The van der Waals surface area contributed by atoms with Gasteiger partial charge in [0.15, 0.2) is 0 Å². The number of rotatable bonds is 1. The molecule has 1 saturated heterocycles. The fraction of sp³-hybridized carbons (Fsp3) is 0.647. The van der Waals surface area contributed by atoms with E-state index >= 15 is 0 Å². The van der Waals surface area contributed by atoms with Gasteiger partial charge in [0, 0.05) is 24.3 Å². The Bertz CT molecular complexity index is 621. The van der Waals surface area contributed by atoms with Crippen LogP contribution in [0.3, 0.4) is 0 Å². The first kappa shape index (κ1) is 16.2. The summed E-state index contributed by atoms with van der Waals surface area (Å²) in [5.74, 6) is -1.43. The minimum atomic E-state index is -0.803. The summed E-state index contributed by atoms with van der Waals surface area (Å²) in [4.78, 5) is 23.5. The average molecular weight is 322 g/mol. The number of carbonyl (C=O) groups is 2. The number of esters is 2. The zero-order valence-electron chi connectivity index (χ0n) is 13.5. The number of fused-ring (bicyclic) bond motifs is 3. The molecule has 2 N–H and O–H groups in total. The Kier molecular flexibility index (Phi) is 3.65. The second-order valence-electron chi connectivity index (χ2n) is 7.01. The average Bonchev–Trinajstić information content (AvgIpc) is 2.72. The second kappa shape index (κ2) is 5.18. The van der Waals surface area contributed by atoms with Crippen molar-refractivity contribution >= 4 is 11.9 Å². The van der Waals surface area contributed by atoms with Crippen molar-refractivity contribution in [2.45, 2.75) is 58.0 Å². The topological polar surface area (TPSA) is 93.1 Å². The van der Waals surface area contributed by atoms with Gasteiger partial charge in [-0.25, -0.2) is 4.79 Å². The highest BCUT2D eigenvalue weighted by atomic mass is 16.6. The monoisotopic (exact) mass is 322 g/mol. The predicted molar refractivity (Wildman–Crippen MR) is 80.1 cm³/mol. The molecule has 2 aliphatic carbocycles. The van der Waals surface area contributed by atoms with Crippen molar-refractivity contribution in [1.29, 1.82) is 0 Å². The van der Waals surface area contributed by atoms with Gasteiger partial charge in [-0.2, -0.15) is 0 Å². The minimum absolute atomic E-state index is 0.213. The molecule has 3 aliphatic rings. The van der Waals surface area contributed by atoms with E-state index in [9.17, 15) is 19.8 Å². The zero-order chi connectivity index (χ0) is 17.1. The van der Waals surface area contributed by atoms with Crippen molar-refractivity contribution in [1.82, 2.24) is 0 Å². The van der Waals surface area contributed by atoms with Crippen LogP contribution in [0.5, 0.6) is 0 Å². The molecule has 6 heteroatoms. The van der Waals surface area contributed by atoms with Crippen molar-refractivity contribution in [3.05, 3.63) is 23.3 Å². The predicted octanol–water partition coefficient (Wildman–Crippen LogP) is 0.868. The molecule has 0 aromatic heterocycles. The first-order chi connectivity index (χ1) is 10.7. The Morgan fingerprint density at radius 1 is 1.43 bits per heavy atom. The highest BCUT2D eigenvalue weighted by Gasteiger charge is 2.60. The molecular formula is C17H22O6. The number of carbonyl (C=O) groups excluding carboxylic acids is 2. The van der Waals surface area contributed by atoms with Gasteiger partial charge in [-0.3, -0.25) is 4.79 Å². The van der Waals surface area contributed by atoms with Crippen LogP contribution in [0.4, 0.5) is 0 Å². The summed E-state index contributed by atoms with van der Waals surface area (Å²) in [6.45, 7) is 8.76. The van der Waals surface area contributed by atoms with Gasteiger partial charge in [0.1, 0.15) is 12.2 Å². The maximum atomic E-state index is 12.0. The lowest BCUT2D eigenvalue weighted by Gasteiger charge is -2.51. The lowest BCUT2D eigenvalue weighted by Crippen LogP contribution is -2.55. The Hall–Kier alpha value is -1.66. The molecule has 126 valence electrons. The number of hydrogen-bond donors (Lipinski definition) is 2. The maximum absolute atomic E-state index is 12.0. The van der Waals surface area contributed by atoms with Gasteiger partial charge in [-0.05, 0) is 24.5 Å². The summed E-state index contributed by atoms with van der Waals surface area (Å²) in [5, 5.41) is 20.8. The van der Waals surface area contributed by atoms with E-state index in [1.54, 1.807) is 6.92 Å². The largest absolute Gasteiger partial charge is 0.462 e. The molecular weight excluding hydrogens is 300 g/mol. The molecule has 23 heavy (non-hydrogen) atoms. The second-order valence-corrected chi connectivity index (χ2v) is 7.01. The Balaban J connectivity index is 2.13. The first-order valence-electron chi connectivity index (χ1n) is 7.81. The number of hydrogen-bond acceptors (Lipinski definition) is 6. The first-order valence-corrected chi connectivity index (χ1v) is 7.81. The quantitative estimate of drug-likeness (QED) is 0.423. The van der Waals surface area contributed by atoms with Gasteiger partial charge in [0.25, 0.3) is 0 Å². The van der Waals surface area contributed by atoms with Crippen molar-refractivity contribution in [2.75, 3.05) is 0 Å². The summed E-state index contributed by atoms with van der Waals surface area (Å²) >= 11 is 0. The summed E-state index contributed by atoms with van der Waals surface area (Å²) in [5.41, 5.74) is 1.02. The van der Waals surface area contributed by atoms with Gasteiger partial charge >= 0.3 is 11.9 Å². The normalized spacial score (nSPS) is 42.9. The highest BCUT2D eigenvalue weighted by molar-refractivity contribution is 5.91. The van der Waals surface area contributed by atoms with Crippen molar-refractivity contribution < 1.29 is 29.3 Å². The van der Waals surface area contributed by atoms with E-state index in [0.29, 0.717) is 6.42 Å². The molecule has 6 atom stereocenters. The van der Waals surface area contributed by atoms with Gasteiger partial charge in [-0.15, -0.1) is 0 Å². The third-order valence-electron chi connectivity index (χ3n) is 5.57. The molecule has 2 fully saturated rings. The van der Waals surface area contributed by atoms with Crippen LogP contribution in [0.25, 0.3) is 0 Å². The smallest absolute Gasteiger partial charge is 0.334 e. The van der Waals surface area contributed by atoms with Gasteiger partial charge < -0.3 is 19.7 Å². The summed E-state index contributed by atoms with van der Waals surface area (Å²) in [7, 11) is 0. The van der Waals surface area contributed by atoms with Crippen LogP contribution in [-0.4, -0.2) is 46.6 Å². The Morgan fingerprint density at radius 3 is 2.70 bits per heavy atom. The van der Waals surface area contributed by atoms with Crippen LogP contribution < -0.4 is 0 Å². The van der Waals surface area contributed by atoms with E-state index in [1.165, 1.54) is 6.92 Å². The Labute approximate surface area is 134 Å². The van der Waals surface area contributed by atoms with Crippen molar-refractivity contribution in [3.63, 3.8) is 0 Å². The van der Waals surface area contributed by atoms with E-state index in [-0.39, 0.29) is 12.0 Å². The van der Waals surface area contributed by atoms with Gasteiger partial charge in [0.05, 0.1) is 18.1 Å². The SMILES string of the molecule is C=C1C(=O)O[C@@H]2C3=C(C)[C@H](O)C[C@@H](O)[C@]3(C)C[C@H](OC(C)=O)[C@@H]12. The molecule has 1 aliphatic heterocycles. The standard InChI is InChI=1S/C17H22O6/c1-7-10(19)5-12(20)17(4)6-11(22-9(3)18)13-8(2)16(21)23-15(13)14(7)17/h10-13,15,19-20H,2,5-6H2,1,3-4H3/t10-,11+,12-,13-,15+,17+/m1/s1. The molecule has 0 radical (unpaired) electrons. The van der Waals surface area contributed by atoms with Crippen LogP contribution in [0.15, 0.2) is 23.3 Å². The molecule has 0 bridgehead atoms. The van der Waals surface area contributed by atoms with E-state index < -0.39 is 47.7 Å². The van der Waals surface area contributed by atoms with E-state index in [2.05, 4.69) is 6.58 Å². The molecule has 0 aromatic carbocycles. The Morgan fingerprint density at radius 2 is 2.09 bits per heavy atom. The van der Waals surface area contributed by atoms with Gasteiger partial charge in [-0.1, -0.05) is 13.5 Å². The van der Waals surface area contributed by atoms with Crippen LogP contribution in [-0.2, 0) is 19.1 Å². The van der Waals surface area contributed by atoms with E-state index in [0.717, 1.165) is 11.1 Å². The molecule has 0 amide bonds. The summed E-state index contributed by atoms with van der Waals surface area (Å²) in [6.07, 6.45) is -2.23. The van der Waals surface area contributed by atoms with E-state index in [4.69, 9.17) is 9.47 Å². The molecule has 1 saturated carbocycles. The fourth-order valence-corrected chi connectivity index (χ4v) is 4.37. The molecule has 1 heterocycles. The third kappa shape index (κ3) is 2.23. The number of aliphatic hydroxyl groups excluding tert-OH is 2. The van der Waals surface area contributed by atoms with Crippen LogP contribution in [0, 0.1) is 11.3 Å². The molecule has 3 rings (SSSR count). The van der Waals surface area contributed by atoms with Gasteiger partial charge in [0.2, 0.25) is 0 Å². The van der Waals surface area contributed by atoms with Crippen LogP contribution in [0.2, 0.25) is 0 Å². The summed E-state index contributed by atoms with van der Waals surface area (Å²) < 4.78 is 10.9. The minimum Gasteiger partial charge on any atom is -0.462 e. The van der Waals surface area contributed by atoms with Crippen molar-refractivity contribution in [3.8, 4) is 0 Å². The maximum Gasteiger partial charge on any atom is 0.334 e. The lowest BCUT2D eigenvalue weighted by molar-refractivity contribution is -0.158. The van der Waals surface area contributed by atoms with E-state index in [1.807, 2.05) is 6.92 Å². The molecule has 0 aromatic rings. The molecule has 6 nitrogen and oxygen atoms in total. The summed E-state index contributed by atoms with van der Waals surface area (Å²) in [6, 6.07) is 0.